The summed E-state index contributed by atoms with van der Waals surface area (Å²) in [6, 6.07) is 14.2. The molecule has 0 saturated heterocycles. The third kappa shape index (κ3) is 4.82. The lowest BCUT2D eigenvalue weighted by Gasteiger charge is -2.07. The van der Waals surface area contributed by atoms with Gasteiger partial charge in [-0.1, -0.05) is 23.7 Å². The van der Waals surface area contributed by atoms with Gasteiger partial charge in [0.25, 0.3) is 0 Å². The van der Waals surface area contributed by atoms with Crippen LogP contribution < -0.4 is 5.32 Å². The molecule has 1 amide bonds. The van der Waals surface area contributed by atoms with Crippen molar-refractivity contribution in [1.29, 1.82) is 0 Å². The van der Waals surface area contributed by atoms with Gasteiger partial charge in [-0.05, 0) is 59.0 Å². The molecule has 0 aliphatic rings. The minimum absolute atomic E-state index is 0.0652. The van der Waals surface area contributed by atoms with Gasteiger partial charge in [-0.3, -0.25) is 9.59 Å². The number of hydrogen-bond donors (Lipinski definition) is 1. The van der Waals surface area contributed by atoms with Crippen LogP contribution in [0.4, 0.5) is 5.69 Å². The largest absolute Gasteiger partial charge is 0.325 e. The highest BCUT2D eigenvalue weighted by Gasteiger charge is 2.10. The van der Waals surface area contributed by atoms with Gasteiger partial charge in [0.15, 0.2) is 5.78 Å². The molecule has 108 valence electrons. The maximum atomic E-state index is 12.0. The van der Waals surface area contributed by atoms with Crippen molar-refractivity contribution in [3.05, 3.63) is 62.7 Å². The quantitative estimate of drug-likeness (QED) is 0.577. The molecule has 0 fully saturated rings. The van der Waals surface area contributed by atoms with E-state index in [9.17, 15) is 9.59 Å². The van der Waals surface area contributed by atoms with Crippen LogP contribution in [0.5, 0.6) is 0 Å². The van der Waals surface area contributed by atoms with E-state index < -0.39 is 0 Å². The van der Waals surface area contributed by atoms with Crippen LogP contribution in [-0.2, 0) is 4.79 Å². The first-order valence-corrected chi connectivity index (χ1v) is 7.85. The summed E-state index contributed by atoms with van der Waals surface area (Å²) in [6.45, 7) is 0. The summed E-state index contributed by atoms with van der Waals surface area (Å²) < 4.78 is 0.965. The number of halogens is 2. The Morgan fingerprint density at radius 2 is 1.67 bits per heavy atom. The van der Waals surface area contributed by atoms with Crippen LogP contribution in [-0.4, -0.2) is 11.7 Å². The molecule has 0 aliphatic carbocycles. The number of rotatable bonds is 5. The summed E-state index contributed by atoms with van der Waals surface area (Å²) in [4.78, 5) is 23.8. The molecule has 0 bridgehead atoms. The van der Waals surface area contributed by atoms with E-state index in [2.05, 4.69) is 27.9 Å². The fourth-order valence-corrected chi connectivity index (χ4v) is 2.43. The highest BCUT2D eigenvalue weighted by molar-refractivity contribution is 14.1. The van der Waals surface area contributed by atoms with Crippen LogP contribution in [0, 0.1) is 3.57 Å². The number of benzene rings is 2. The second-order valence-electron chi connectivity index (χ2n) is 4.46. The van der Waals surface area contributed by atoms with Gasteiger partial charge in [-0.15, -0.1) is 0 Å². The smallest absolute Gasteiger partial charge is 0.224 e. The number of para-hydroxylation sites is 1. The van der Waals surface area contributed by atoms with E-state index in [1.807, 2.05) is 24.3 Å². The van der Waals surface area contributed by atoms with Gasteiger partial charge in [0, 0.05) is 27.0 Å². The van der Waals surface area contributed by atoms with Gasteiger partial charge >= 0.3 is 0 Å². The molecule has 2 aromatic carbocycles. The minimum atomic E-state index is -0.165. The van der Waals surface area contributed by atoms with Crippen molar-refractivity contribution in [3.8, 4) is 0 Å². The minimum Gasteiger partial charge on any atom is -0.325 e. The van der Waals surface area contributed by atoms with E-state index in [0.29, 0.717) is 10.6 Å². The van der Waals surface area contributed by atoms with Crippen molar-refractivity contribution >= 4 is 51.6 Å². The van der Waals surface area contributed by atoms with Crippen LogP contribution in [0.1, 0.15) is 23.2 Å². The molecule has 2 aromatic rings. The van der Waals surface area contributed by atoms with Gasteiger partial charge < -0.3 is 5.32 Å². The Morgan fingerprint density at radius 1 is 1.00 bits per heavy atom. The lowest BCUT2D eigenvalue weighted by molar-refractivity contribution is -0.116. The topological polar surface area (TPSA) is 46.2 Å². The number of carbonyl (C=O) groups is 2. The molecule has 0 atom stereocenters. The van der Waals surface area contributed by atoms with Gasteiger partial charge in [-0.25, -0.2) is 0 Å². The SMILES string of the molecule is O=C(CCC(=O)c1ccc(Cl)cc1)Nc1ccccc1I. The van der Waals surface area contributed by atoms with Crippen molar-refractivity contribution in [2.75, 3.05) is 5.32 Å². The molecule has 0 aliphatic heterocycles. The molecule has 21 heavy (non-hydrogen) atoms. The lowest BCUT2D eigenvalue weighted by Crippen LogP contribution is -2.14. The molecule has 3 nitrogen and oxygen atoms in total. The van der Waals surface area contributed by atoms with E-state index in [1.165, 1.54) is 0 Å². The maximum absolute atomic E-state index is 12.0. The number of nitrogens with one attached hydrogen (secondary N) is 1. The number of anilines is 1. The lowest BCUT2D eigenvalue weighted by atomic mass is 10.1. The molecule has 5 heteroatoms. The molecule has 0 radical (unpaired) electrons. The van der Waals surface area contributed by atoms with Gasteiger partial charge in [-0.2, -0.15) is 0 Å². The Labute approximate surface area is 141 Å². The fraction of sp³-hybridized carbons (Fsp3) is 0.125. The second-order valence-corrected chi connectivity index (χ2v) is 6.06. The van der Waals surface area contributed by atoms with Crippen molar-refractivity contribution < 1.29 is 9.59 Å². The van der Waals surface area contributed by atoms with Crippen LogP contribution in [0.15, 0.2) is 48.5 Å². The van der Waals surface area contributed by atoms with Crippen LogP contribution in [0.25, 0.3) is 0 Å². The van der Waals surface area contributed by atoms with Gasteiger partial charge in [0.1, 0.15) is 0 Å². The maximum Gasteiger partial charge on any atom is 0.224 e. The first kappa shape index (κ1) is 16.0. The molecule has 1 N–H and O–H groups in total. The van der Waals surface area contributed by atoms with E-state index in [4.69, 9.17) is 11.6 Å². The Kier molecular flexibility index (Phi) is 5.76. The molecule has 2 rings (SSSR count). The Hall–Kier alpha value is -1.40. The highest BCUT2D eigenvalue weighted by Crippen LogP contribution is 2.17. The molecule has 0 unspecified atom stereocenters. The fourth-order valence-electron chi connectivity index (χ4n) is 1.78. The second kappa shape index (κ2) is 7.56. The number of Topliss-reactive ketones (excluding diaryl/α,β-unsaturated/α-hetero) is 1. The molecule has 0 heterocycles. The third-order valence-corrected chi connectivity index (χ3v) is 4.09. The third-order valence-electron chi connectivity index (χ3n) is 2.89. The molecule has 0 saturated carbocycles. The number of ketones is 1. The first-order chi connectivity index (χ1) is 10.1. The van der Waals surface area contributed by atoms with E-state index in [-0.39, 0.29) is 24.5 Å². The number of amides is 1. The summed E-state index contributed by atoms with van der Waals surface area (Å²) in [7, 11) is 0. The predicted molar refractivity (Wildman–Crippen MR) is 92.8 cm³/mol. The highest BCUT2D eigenvalue weighted by atomic mass is 127. The van der Waals surface area contributed by atoms with Crippen molar-refractivity contribution in [3.63, 3.8) is 0 Å². The number of carbonyl (C=O) groups excluding carboxylic acids is 2. The average Bonchev–Trinajstić information content (AvgIpc) is 2.48. The van der Waals surface area contributed by atoms with Crippen molar-refractivity contribution in [1.82, 2.24) is 0 Å². The summed E-state index contributed by atoms with van der Waals surface area (Å²) in [6.07, 6.45) is 0.337. The zero-order chi connectivity index (χ0) is 15.2. The monoisotopic (exact) mass is 413 g/mol. The van der Waals surface area contributed by atoms with Crippen molar-refractivity contribution in [2.24, 2.45) is 0 Å². The van der Waals surface area contributed by atoms with E-state index in [1.54, 1.807) is 24.3 Å². The molecular weight excluding hydrogens is 401 g/mol. The molecular formula is C16H13ClINO2. The zero-order valence-electron chi connectivity index (χ0n) is 11.1. The summed E-state index contributed by atoms with van der Waals surface area (Å²) in [5.74, 6) is -0.231. The summed E-state index contributed by atoms with van der Waals surface area (Å²) in [5, 5.41) is 3.39. The average molecular weight is 414 g/mol. The van der Waals surface area contributed by atoms with Crippen molar-refractivity contribution in [2.45, 2.75) is 12.8 Å². The van der Waals surface area contributed by atoms with Crippen LogP contribution in [0.3, 0.4) is 0 Å². The predicted octanol–water partition coefficient (Wildman–Crippen LogP) is 4.55. The van der Waals surface area contributed by atoms with E-state index >= 15 is 0 Å². The van der Waals surface area contributed by atoms with E-state index in [0.717, 1.165) is 9.26 Å². The molecule has 0 aromatic heterocycles. The van der Waals surface area contributed by atoms with Gasteiger partial charge in [0.2, 0.25) is 5.91 Å². The van der Waals surface area contributed by atoms with Crippen LogP contribution in [0.2, 0.25) is 5.02 Å². The van der Waals surface area contributed by atoms with Crippen LogP contribution >= 0.6 is 34.2 Å². The first-order valence-electron chi connectivity index (χ1n) is 6.39. The normalized spacial score (nSPS) is 10.2. The Morgan fingerprint density at radius 3 is 2.33 bits per heavy atom. The molecule has 0 spiro atoms. The Bertz CT molecular complexity index is 656. The number of hydrogen-bond acceptors (Lipinski definition) is 2. The summed E-state index contributed by atoms with van der Waals surface area (Å²) >= 11 is 7.93. The Balaban J connectivity index is 1.88. The standard InChI is InChI=1S/C16H13ClINO2/c17-12-7-5-11(6-8-12)15(20)9-10-16(21)19-14-4-2-1-3-13(14)18/h1-8H,9-10H2,(H,19,21). The summed E-state index contributed by atoms with van der Waals surface area (Å²) in [5.41, 5.74) is 1.34. The zero-order valence-corrected chi connectivity index (χ0v) is 14.0. The van der Waals surface area contributed by atoms with Gasteiger partial charge in [0.05, 0.1) is 5.69 Å².